The number of methoxy groups -OCH3 is 2. The van der Waals surface area contributed by atoms with E-state index in [-0.39, 0.29) is 57.2 Å². The van der Waals surface area contributed by atoms with Crippen LogP contribution < -0.4 is 5.32 Å². The van der Waals surface area contributed by atoms with E-state index in [1.54, 1.807) is 14.2 Å². The van der Waals surface area contributed by atoms with E-state index in [1.165, 1.54) is 133 Å². The Labute approximate surface area is 320 Å². The Morgan fingerprint density at radius 2 is 0.846 bits per heavy atom. The molecule has 1 N–H and O–H groups in total. The van der Waals surface area contributed by atoms with Crippen molar-refractivity contribution in [2.24, 2.45) is 0 Å². The Bertz CT molecular complexity index is 774. The van der Waals surface area contributed by atoms with Crippen LogP contribution in [0, 0.1) is 0 Å². The van der Waals surface area contributed by atoms with Gasteiger partial charge in [0.15, 0.2) is 0 Å². The molecule has 0 spiro atoms. The van der Waals surface area contributed by atoms with E-state index in [2.05, 4.69) is 19.2 Å². The SMILES string of the molecule is CCCCCCCCCCCCCCN(CCCCCCCCCCCCCC)C(=O)CNC(=O)CN(CCOCCOC)C(=O)COCCOC. The van der Waals surface area contributed by atoms with Crippen molar-refractivity contribution in [3.8, 4) is 0 Å². The Hall–Kier alpha value is -1.75. The van der Waals surface area contributed by atoms with Crippen molar-refractivity contribution in [2.75, 3.05) is 86.6 Å². The van der Waals surface area contributed by atoms with Gasteiger partial charge in [0.05, 0.1) is 46.1 Å². The molecule has 0 aliphatic heterocycles. The topological polar surface area (TPSA) is 107 Å². The van der Waals surface area contributed by atoms with E-state index >= 15 is 0 Å². The minimum Gasteiger partial charge on any atom is -0.382 e. The van der Waals surface area contributed by atoms with Crippen LogP contribution in [0.1, 0.15) is 168 Å². The number of rotatable bonds is 41. The van der Waals surface area contributed by atoms with Gasteiger partial charge < -0.3 is 34.1 Å². The predicted octanol–water partition coefficient (Wildman–Crippen LogP) is 8.49. The van der Waals surface area contributed by atoms with Crippen LogP contribution in [0.25, 0.3) is 0 Å². The normalized spacial score (nSPS) is 11.2. The van der Waals surface area contributed by atoms with Gasteiger partial charge >= 0.3 is 0 Å². The summed E-state index contributed by atoms with van der Waals surface area (Å²) in [5.74, 6) is -0.733. The molecule has 3 amide bonds. The molecule has 0 aliphatic rings. The molecule has 0 aliphatic carbocycles. The van der Waals surface area contributed by atoms with E-state index < -0.39 is 0 Å². The zero-order chi connectivity index (χ0) is 38.2. The molecule has 10 nitrogen and oxygen atoms in total. The highest BCUT2D eigenvalue weighted by molar-refractivity contribution is 5.88. The van der Waals surface area contributed by atoms with Crippen LogP contribution in [-0.2, 0) is 33.3 Å². The number of nitrogens with zero attached hydrogens (tertiary/aromatic N) is 2. The Kier molecular flexibility index (Phi) is 39.1. The monoisotopic (exact) mass is 742 g/mol. The van der Waals surface area contributed by atoms with Crippen molar-refractivity contribution in [1.29, 1.82) is 0 Å². The summed E-state index contributed by atoms with van der Waals surface area (Å²) in [7, 11) is 3.17. The van der Waals surface area contributed by atoms with Crippen molar-refractivity contribution in [3.05, 3.63) is 0 Å². The van der Waals surface area contributed by atoms with Gasteiger partial charge in [0.1, 0.15) is 6.61 Å². The summed E-state index contributed by atoms with van der Waals surface area (Å²) < 4.78 is 20.9. The standard InChI is InChI=1S/C42H83N3O7/c1-5-7-9-11-13-15-17-19-21-23-25-27-29-44(30-28-26-24-22-20-18-16-14-12-10-8-6-2)41(47)37-43-40(46)38-45(31-32-51-35-33-49-3)42(48)39-52-36-34-50-4/h5-39H2,1-4H3,(H,43,46). The molecule has 0 fully saturated rings. The summed E-state index contributed by atoms with van der Waals surface area (Å²) in [6, 6.07) is 0. The first-order valence-electron chi connectivity index (χ1n) is 21.5. The van der Waals surface area contributed by atoms with Crippen molar-refractivity contribution >= 4 is 17.7 Å². The third-order valence-corrected chi connectivity index (χ3v) is 9.63. The van der Waals surface area contributed by atoms with Crippen LogP contribution in [0.4, 0.5) is 0 Å². The maximum Gasteiger partial charge on any atom is 0.249 e. The fraction of sp³-hybridized carbons (Fsp3) is 0.929. The van der Waals surface area contributed by atoms with Gasteiger partial charge in [-0.15, -0.1) is 0 Å². The van der Waals surface area contributed by atoms with E-state index in [9.17, 15) is 14.4 Å². The van der Waals surface area contributed by atoms with Gasteiger partial charge in [0, 0.05) is 33.9 Å². The van der Waals surface area contributed by atoms with Crippen molar-refractivity contribution < 1.29 is 33.3 Å². The van der Waals surface area contributed by atoms with Gasteiger partial charge in [0.2, 0.25) is 17.7 Å². The first-order valence-corrected chi connectivity index (χ1v) is 21.5. The first kappa shape index (κ1) is 50.2. The predicted molar refractivity (Wildman–Crippen MR) is 214 cm³/mol. The van der Waals surface area contributed by atoms with Gasteiger partial charge in [-0.2, -0.15) is 0 Å². The van der Waals surface area contributed by atoms with Crippen molar-refractivity contribution in [3.63, 3.8) is 0 Å². The fourth-order valence-corrected chi connectivity index (χ4v) is 6.27. The molecule has 0 heterocycles. The van der Waals surface area contributed by atoms with Crippen LogP contribution in [0.15, 0.2) is 0 Å². The molecule has 0 aromatic rings. The average molecular weight is 742 g/mol. The third-order valence-electron chi connectivity index (χ3n) is 9.63. The van der Waals surface area contributed by atoms with Crippen LogP contribution in [-0.4, -0.2) is 114 Å². The van der Waals surface area contributed by atoms with Crippen molar-refractivity contribution in [1.82, 2.24) is 15.1 Å². The summed E-state index contributed by atoms with van der Waals surface area (Å²) in [5.41, 5.74) is 0. The van der Waals surface area contributed by atoms with E-state index in [0.29, 0.717) is 19.8 Å². The third kappa shape index (κ3) is 34.0. The van der Waals surface area contributed by atoms with E-state index in [0.717, 1.165) is 38.8 Å². The lowest BCUT2D eigenvalue weighted by Gasteiger charge is -2.24. The molecule has 0 bridgehead atoms. The number of carbonyl (C=O) groups excluding carboxylic acids is 3. The molecule has 0 saturated heterocycles. The number of nitrogens with one attached hydrogen (secondary N) is 1. The molecule has 308 valence electrons. The number of ether oxygens (including phenoxy) is 4. The minimum atomic E-state index is -0.369. The zero-order valence-corrected chi connectivity index (χ0v) is 34.5. The van der Waals surface area contributed by atoms with Crippen LogP contribution in [0.3, 0.4) is 0 Å². The van der Waals surface area contributed by atoms with Crippen LogP contribution in [0.5, 0.6) is 0 Å². The van der Waals surface area contributed by atoms with Gasteiger partial charge in [-0.1, -0.05) is 155 Å². The summed E-state index contributed by atoms with van der Waals surface area (Å²) in [6.45, 7) is 7.63. The number of hydrogen-bond donors (Lipinski definition) is 1. The van der Waals surface area contributed by atoms with Gasteiger partial charge in [0.25, 0.3) is 0 Å². The minimum absolute atomic E-state index is 0.0526. The quantitative estimate of drug-likeness (QED) is 0.0627. The molecule has 0 saturated carbocycles. The van der Waals surface area contributed by atoms with Gasteiger partial charge in [-0.3, -0.25) is 14.4 Å². The molecule has 0 aromatic carbocycles. The molecule has 0 atom stereocenters. The fourth-order valence-electron chi connectivity index (χ4n) is 6.27. The maximum absolute atomic E-state index is 13.4. The van der Waals surface area contributed by atoms with Crippen molar-refractivity contribution in [2.45, 2.75) is 168 Å². The number of amides is 3. The molecule has 0 aromatic heterocycles. The largest absolute Gasteiger partial charge is 0.382 e. The molecule has 52 heavy (non-hydrogen) atoms. The smallest absolute Gasteiger partial charge is 0.249 e. The molecule has 0 unspecified atom stereocenters. The molecular formula is C42H83N3O7. The van der Waals surface area contributed by atoms with E-state index in [1.807, 2.05) is 4.90 Å². The highest BCUT2D eigenvalue weighted by atomic mass is 16.5. The number of carbonyl (C=O) groups is 3. The Morgan fingerprint density at radius 1 is 0.442 bits per heavy atom. The number of unbranched alkanes of at least 4 members (excludes halogenated alkanes) is 22. The summed E-state index contributed by atoms with van der Waals surface area (Å²) in [4.78, 5) is 42.5. The molecule has 0 rings (SSSR count). The lowest BCUT2D eigenvalue weighted by molar-refractivity contribution is -0.141. The first-order chi connectivity index (χ1) is 25.5. The summed E-state index contributed by atoms with van der Waals surface area (Å²) in [5, 5.41) is 2.78. The average Bonchev–Trinajstić information content (AvgIpc) is 3.14. The lowest BCUT2D eigenvalue weighted by Crippen LogP contribution is -2.47. The highest BCUT2D eigenvalue weighted by Crippen LogP contribution is 2.14. The Morgan fingerprint density at radius 3 is 1.27 bits per heavy atom. The lowest BCUT2D eigenvalue weighted by atomic mass is 10.0. The second-order valence-corrected chi connectivity index (χ2v) is 14.4. The Balaban J connectivity index is 4.76. The summed E-state index contributed by atoms with van der Waals surface area (Å²) >= 11 is 0. The van der Waals surface area contributed by atoms with Crippen LogP contribution in [0.2, 0.25) is 0 Å². The van der Waals surface area contributed by atoms with E-state index in [4.69, 9.17) is 18.9 Å². The zero-order valence-electron chi connectivity index (χ0n) is 34.5. The number of hydrogen-bond acceptors (Lipinski definition) is 7. The molecule has 10 heteroatoms. The highest BCUT2D eigenvalue weighted by Gasteiger charge is 2.19. The molecule has 0 radical (unpaired) electrons. The van der Waals surface area contributed by atoms with Crippen LogP contribution >= 0.6 is 0 Å². The summed E-state index contributed by atoms with van der Waals surface area (Å²) in [6.07, 6.45) is 30.7. The maximum atomic E-state index is 13.4. The van der Waals surface area contributed by atoms with Gasteiger partial charge in [-0.05, 0) is 12.8 Å². The molecular weight excluding hydrogens is 658 g/mol. The second-order valence-electron chi connectivity index (χ2n) is 14.4. The van der Waals surface area contributed by atoms with Gasteiger partial charge in [-0.25, -0.2) is 0 Å². The second kappa shape index (κ2) is 40.4.